The maximum absolute atomic E-state index is 11.0. The minimum absolute atomic E-state index is 0.120. The molecule has 2 N–H and O–H groups in total. The van der Waals surface area contributed by atoms with Crippen LogP contribution in [0.4, 0.5) is 0 Å². The predicted molar refractivity (Wildman–Crippen MR) is 56.3 cm³/mol. The lowest BCUT2D eigenvalue weighted by Gasteiger charge is -2.12. The molecule has 0 aromatic heterocycles. The van der Waals surface area contributed by atoms with Crippen molar-refractivity contribution in [3.05, 3.63) is 28.8 Å². The van der Waals surface area contributed by atoms with Crippen LogP contribution in [0.15, 0.2) is 12.1 Å². The van der Waals surface area contributed by atoms with Gasteiger partial charge in [0.1, 0.15) is 11.3 Å². The first-order chi connectivity index (χ1) is 7.49. The number of ether oxygens (including phenoxy) is 1. The first kappa shape index (κ1) is 12.0. The summed E-state index contributed by atoms with van der Waals surface area (Å²) in [5.74, 6) is -2.46. The molecule has 1 rings (SSSR count). The van der Waals surface area contributed by atoms with Gasteiger partial charge < -0.3 is 14.9 Å². The van der Waals surface area contributed by atoms with Gasteiger partial charge >= 0.3 is 11.9 Å². The molecule has 1 aromatic rings. The highest BCUT2D eigenvalue weighted by Gasteiger charge is 2.22. The summed E-state index contributed by atoms with van der Waals surface area (Å²) < 4.78 is 5.18. The number of hydrogen-bond acceptors (Lipinski definition) is 3. The van der Waals surface area contributed by atoms with E-state index < -0.39 is 11.9 Å². The molecule has 0 amide bonds. The van der Waals surface area contributed by atoms with E-state index in [9.17, 15) is 9.59 Å². The van der Waals surface area contributed by atoms with E-state index >= 15 is 0 Å². The molecule has 0 unspecified atom stereocenters. The van der Waals surface area contributed by atoms with Gasteiger partial charge in [0, 0.05) is 0 Å². The second-order valence-corrected chi connectivity index (χ2v) is 3.18. The van der Waals surface area contributed by atoms with Crippen LogP contribution in [0.2, 0.25) is 0 Å². The Hall–Kier alpha value is -2.04. The van der Waals surface area contributed by atoms with Gasteiger partial charge in [-0.2, -0.15) is 0 Å². The summed E-state index contributed by atoms with van der Waals surface area (Å²) in [4.78, 5) is 21.9. The summed E-state index contributed by atoms with van der Waals surface area (Å²) in [5.41, 5.74) is 0.0418. The second kappa shape index (κ2) is 4.65. The summed E-state index contributed by atoms with van der Waals surface area (Å²) >= 11 is 0. The Labute approximate surface area is 92.3 Å². The smallest absolute Gasteiger partial charge is 0.340 e. The summed E-state index contributed by atoms with van der Waals surface area (Å²) in [5, 5.41) is 17.9. The van der Waals surface area contributed by atoms with Crippen LogP contribution in [0, 0.1) is 6.92 Å². The molecule has 0 aliphatic heterocycles. The molecule has 0 saturated carbocycles. The highest BCUT2D eigenvalue weighted by atomic mass is 16.5. The van der Waals surface area contributed by atoms with Gasteiger partial charge in [-0.3, -0.25) is 0 Å². The molecule has 86 valence electrons. The summed E-state index contributed by atoms with van der Waals surface area (Å²) in [7, 11) is 0. The largest absolute Gasteiger partial charge is 0.493 e. The predicted octanol–water partition coefficient (Wildman–Crippen LogP) is 1.79. The van der Waals surface area contributed by atoms with Gasteiger partial charge in [0.05, 0.1) is 12.2 Å². The third-order valence-corrected chi connectivity index (χ3v) is 2.09. The fourth-order valence-corrected chi connectivity index (χ4v) is 1.41. The van der Waals surface area contributed by atoms with Crippen LogP contribution in [0.1, 0.15) is 33.2 Å². The lowest BCUT2D eigenvalue weighted by atomic mass is 10.0. The lowest BCUT2D eigenvalue weighted by Crippen LogP contribution is -2.12. The number of carboxylic acid groups (broad SMARTS) is 2. The van der Waals surface area contributed by atoms with E-state index in [1.807, 2.05) is 0 Å². The molecule has 0 bridgehead atoms. The van der Waals surface area contributed by atoms with Crippen LogP contribution in [0.25, 0.3) is 0 Å². The van der Waals surface area contributed by atoms with Gasteiger partial charge in [-0.25, -0.2) is 9.59 Å². The fraction of sp³-hybridized carbons (Fsp3) is 0.273. The minimum Gasteiger partial charge on any atom is -0.493 e. The summed E-state index contributed by atoms with van der Waals surface area (Å²) in [6.07, 6.45) is 0. The standard InChI is InChI=1S/C11H12O5/c1-3-16-9-6(2)4-5-7(10(12)13)8(9)11(14)15/h4-5H,3H2,1-2H3,(H,12,13)(H,14,15). The normalized spacial score (nSPS) is 9.88. The van der Waals surface area contributed by atoms with Crippen LogP contribution >= 0.6 is 0 Å². The van der Waals surface area contributed by atoms with E-state index in [2.05, 4.69) is 0 Å². The maximum atomic E-state index is 11.0. The Morgan fingerprint density at radius 3 is 2.31 bits per heavy atom. The van der Waals surface area contributed by atoms with E-state index in [4.69, 9.17) is 14.9 Å². The number of hydrogen-bond donors (Lipinski definition) is 2. The molecule has 0 fully saturated rings. The van der Waals surface area contributed by atoms with E-state index in [0.717, 1.165) is 0 Å². The lowest BCUT2D eigenvalue weighted by molar-refractivity contribution is 0.0647. The Balaban J connectivity index is 3.49. The van der Waals surface area contributed by atoms with Crippen molar-refractivity contribution in [1.82, 2.24) is 0 Å². The Morgan fingerprint density at radius 1 is 1.25 bits per heavy atom. The second-order valence-electron chi connectivity index (χ2n) is 3.18. The zero-order chi connectivity index (χ0) is 12.3. The van der Waals surface area contributed by atoms with Crippen molar-refractivity contribution in [3.8, 4) is 5.75 Å². The molecule has 0 aliphatic rings. The molecule has 0 heterocycles. The van der Waals surface area contributed by atoms with E-state index in [-0.39, 0.29) is 23.5 Å². The fourth-order valence-electron chi connectivity index (χ4n) is 1.41. The Bertz CT molecular complexity index is 436. The number of rotatable bonds is 4. The van der Waals surface area contributed by atoms with E-state index in [1.54, 1.807) is 13.8 Å². The third kappa shape index (κ3) is 2.13. The van der Waals surface area contributed by atoms with Crippen LogP contribution in [0.5, 0.6) is 5.75 Å². The zero-order valence-electron chi connectivity index (χ0n) is 8.98. The van der Waals surface area contributed by atoms with Crippen LogP contribution in [-0.4, -0.2) is 28.8 Å². The quantitative estimate of drug-likeness (QED) is 0.814. The molecule has 1 aromatic carbocycles. The van der Waals surface area contributed by atoms with Gasteiger partial charge in [0.25, 0.3) is 0 Å². The highest BCUT2D eigenvalue weighted by molar-refractivity contribution is 6.04. The molecule has 0 atom stereocenters. The van der Waals surface area contributed by atoms with Gasteiger partial charge in [-0.05, 0) is 25.5 Å². The molecule has 0 saturated heterocycles. The Morgan fingerprint density at radius 2 is 1.88 bits per heavy atom. The first-order valence-electron chi connectivity index (χ1n) is 4.72. The van der Waals surface area contributed by atoms with Crippen molar-refractivity contribution < 1.29 is 24.5 Å². The van der Waals surface area contributed by atoms with Gasteiger partial charge in [0.15, 0.2) is 0 Å². The number of benzene rings is 1. The molecule has 0 spiro atoms. The first-order valence-corrected chi connectivity index (χ1v) is 4.72. The van der Waals surface area contributed by atoms with Crippen LogP contribution in [-0.2, 0) is 0 Å². The van der Waals surface area contributed by atoms with Crippen LogP contribution < -0.4 is 4.74 Å². The van der Waals surface area contributed by atoms with Gasteiger partial charge in [-0.15, -0.1) is 0 Å². The number of aromatic carboxylic acids is 2. The molecule has 0 aliphatic carbocycles. The summed E-state index contributed by atoms with van der Waals surface area (Å²) in [6, 6.07) is 2.80. The minimum atomic E-state index is -1.30. The topological polar surface area (TPSA) is 83.8 Å². The van der Waals surface area contributed by atoms with Crippen molar-refractivity contribution in [3.63, 3.8) is 0 Å². The van der Waals surface area contributed by atoms with E-state index in [0.29, 0.717) is 5.56 Å². The number of carbonyl (C=O) groups is 2. The maximum Gasteiger partial charge on any atom is 0.340 e. The third-order valence-electron chi connectivity index (χ3n) is 2.09. The average Bonchev–Trinajstić information content (AvgIpc) is 2.20. The average molecular weight is 224 g/mol. The van der Waals surface area contributed by atoms with Crippen molar-refractivity contribution in [2.45, 2.75) is 13.8 Å². The van der Waals surface area contributed by atoms with E-state index in [1.165, 1.54) is 12.1 Å². The monoisotopic (exact) mass is 224 g/mol. The molecular formula is C11H12O5. The number of carboxylic acids is 2. The van der Waals surface area contributed by atoms with Gasteiger partial charge in [-0.1, -0.05) is 6.07 Å². The van der Waals surface area contributed by atoms with Crippen molar-refractivity contribution in [2.75, 3.05) is 6.61 Å². The molecule has 0 radical (unpaired) electrons. The molecule has 16 heavy (non-hydrogen) atoms. The molecule has 5 nitrogen and oxygen atoms in total. The van der Waals surface area contributed by atoms with Gasteiger partial charge in [0.2, 0.25) is 0 Å². The summed E-state index contributed by atoms with van der Waals surface area (Å²) in [6.45, 7) is 3.66. The Kier molecular flexibility index (Phi) is 3.50. The number of aryl methyl sites for hydroxylation is 1. The van der Waals surface area contributed by atoms with Crippen molar-refractivity contribution in [2.24, 2.45) is 0 Å². The van der Waals surface area contributed by atoms with Crippen molar-refractivity contribution >= 4 is 11.9 Å². The molecular weight excluding hydrogens is 212 g/mol. The SMILES string of the molecule is CCOc1c(C)ccc(C(=O)O)c1C(=O)O. The van der Waals surface area contributed by atoms with Crippen LogP contribution in [0.3, 0.4) is 0 Å². The van der Waals surface area contributed by atoms with Crippen molar-refractivity contribution in [1.29, 1.82) is 0 Å². The zero-order valence-corrected chi connectivity index (χ0v) is 8.98. The highest BCUT2D eigenvalue weighted by Crippen LogP contribution is 2.27. The molecule has 5 heteroatoms.